The van der Waals surface area contributed by atoms with E-state index in [1.54, 1.807) is 18.2 Å². The Balaban J connectivity index is 0.00000106. The van der Waals surface area contributed by atoms with Crippen LogP contribution in [-0.4, -0.2) is 32.3 Å². The zero-order chi connectivity index (χ0) is 21.4. The van der Waals surface area contributed by atoms with E-state index in [0.717, 1.165) is 53.4 Å². The average Bonchev–Trinajstić information content (AvgIpc) is 3.24. The minimum Gasteiger partial charge on any atom is -0.361 e. The number of nitrogens with zero attached hydrogens (tertiary/aromatic N) is 4. The first kappa shape index (κ1) is 20.9. The van der Waals surface area contributed by atoms with Crippen molar-refractivity contribution in [2.45, 2.75) is 53.1 Å². The topological polar surface area (TPSA) is 64.2 Å². The first-order chi connectivity index (χ1) is 14.5. The number of carbonyl (C=O) groups is 1. The maximum atomic E-state index is 13.0. The molecule has 30 heavy (non-hydrogen) atoms. The van der Waals surface area contributed by atoms with Crippen molar-refractivity contribution in [3.63, 3.8) is 0 Å². The van der Waals surface area contributed by atoms with Gasteiger partial charge < -0.3 is 9.42 Å². The number of carbonyl (C=O) groups excluding carboxylic acids is 1. The molecule has 0 saturated carbocycles. The molecular weight excluding hydrogens is 423 g/mol. The van der Waals surface area contributed by atoms with Gasteiger partial charge in [-0.25, -0.2) is 0 Å². The van der Waals surface area contributed by atoms with Gasteiger partial charge in [-0.1, -0.05) is 42.2 Å². The van der Waals surface area contributed by atoms with Crippen molar-refractivity contribution in [2.75, 3.05) is 6.54 Å². The van der Waals surface area contributed by atoms with Gasteiger partial charge in [-0.2, -0.15) is 5.10 Å². The number of hydrogen-bond donors (Lipinski definition) is 0. The minimum atomic E-state index is -0.0608. The Hall–Kier alpha value is -2.31. The molecule has 0 bridgehead atoms. The monoisotopic (exact) mass is 446 g/mol. The number of fused-ring (bicyclic) bond motifs is 5. The van der Waals surface area contributed by atoms with Crippen molar-refractivity contribution >= 4 is 29.1 Å². The molecule has 2 aliphatic heterocycles. The highest BCUT2D eigenvalue weighted by Crippen LogP contribution is 2.36. The van der Waals surface area contributed by atoms with Gasteiger partial charge in [0.2, 0.25) is 0 Å². The molecule has 0 radical (unpaired) electrons. The lowest BCUT2D eigenvalue weighted by molar-refractivity contribution is 0.0734. The summed E-state index contributed by atoms with van der Waals surface area (Å²) in [5.74, 6) is 0.798. The van der Waals surface area contributed by atoms with Gasteiger partial charge in [0.1, 0.15) is 11.5 Å². The van der Waals surface area contributed by atoms with Crippen molar-refractivity contribution in [3.05, 3.63) is 56.4 Å². The van der Waals surface area contributed by atoms with Gasteiger partial charge >= 0.3 is 0 Å². The van der Waals surface area contributed by atoms with Gasteiger partial charge in [0.25, 0.3) is 5.91 Å². The number of aryl methyl sites for hydroxylation is 2. The lowest BCUT2D eigenvalue weighted by Gasteiger charge is -2.27. The van der Waals surface area contributed by atoms with Crippen LogP contribution in [0.25, 0.3) is 11.4 Å². The summed E-state index contributed by atoms with van der Waals surface area (Å²) in [6.45, 7) is 7.91. The molecule has 8 heteroatoms. The molecule has 2 aliphatic rings. The van der Waals surface area contributed by atoms with Crippen LogP contribution in [0.2, 0.25) is 10.0 Å². The molecule has 0 aliphatic carbocycles. The number of rotatable bonds is 1. The summed E-state index contributed by atoms with van der Waals surface area (Å²) in [5.41, 5.74) is 5.65. The predicted molar refractivity (Wildman–Crippen MR) is 117 cm³/mol. The van der Waals surface area contributed by atoms with E-state index in [9.17, 15) is 4.79 Å². The molecule has 1 amide bonds. The van der Waals surface area contributed by atoms with E-state index in [2.05, 4.69) is 5.16 Å². The zero-order valence-electron chi connectivity index (χ0n) is 17.3. The van der Waals surface area contributed by atoms with Crippen molar-refractivity contribution in [2.24, 2.45) is 0 Å². The predicted octanol–water partition coefficient (Wildman–Crippen LogP) is 5.32. The average molecular weight is 447 g/mol. The number of aromatic nitrogens is 3. The molecule has 0 N–H and O–H groups in total. The van der Waals surface area contributed by atoms with Gasteiger partial charge in [-0.3, -0.25) is 9.48 Å². The molecule has 4 heterocycles. The molecule has 0 spiro atoms. The quantitative estimate of drug-likeness (QED) is 0.506. The van der Waals surface area contributed by atoms with Crippen molar-refractivity contribution in [3.8, 4) is 11.4 Å². The highest BCUT2D eigenvalue weighted by atomic mass is 35.5. The first-order valence-corrected chi connectivity index (χ1v) is 11.1. The van der Waals surface area contributed by atoms with Crippen LogP contribution in [0.5, 0.6) is 0 Å². The van der Waals surface area contributed by atoms with Crippen molar-refractivity contribution < 1.29 is 9.32 Å². The van der Waals surface area contributed by atoms with Crippen LogP contribution >= 0.6 is 23.2 Å². The number of amides is 1. The summed E-state index contributed by atoms with van der Waals surface area (Å²) in [6.07, 6.45) is 2.64. The SMILES string of the molecule is CC.Cc1onc2c1CCCn1nc3c(c1-2)CN(C(=O)c1ccc(Cl)c(Cl)c1)CC3. The van der Waals surface area contributed by atoms with Crippen molar-refractivity contribution in [1.82, 2.24) is 19.8 Å². The highest BCUT2D eigenvalue weighted by Gasteiger charge is 2.32. The van der Waals surface area contributed by atoms with E-state index in [4.69, 9.17) is 32.8 Å². The zero-order valence-corrected chi connectivity index (χ0v) is 18.8. The van der Waals surface area contributed by atoms with Crippen LogP contribution in [0.15, 0.2) is 22.7 Å². The molecule has 0 atom stereocenters. The van der Waals surface area contributed by atoms with Crippen molar-refractivity contribution in [1.29, 1.82) is 0 Å². The molecule has 1 aromatic carbocycles. The second-order valence-electron chi connectivity index (χ2n) is 7.27. The number of hydrogen-bond acceptors (Lipinski definition) is 4. The summed E-state index contributed by atoms with van der Waals surface area (Å²) < 4.78 is 7.49. The minimum absolute atomic E-state index is 0.0608. The third-order valence-corrected chi connectivity index (χ3v) is 6.30. The second kappa shape index (κ2) is 8.44. The standard InChI is InChI=1S/C20H18Cl2N4O2.C2H6/c1-11-13-3-2-7-26-19(18(13)24-28-11)14-10-25(8-6-17(14)23-26)20(27)12-4-5-15(21)16(22)9-12;1-2/h4-5,9H,2-3,6-8,10H2,1H3;1-2H3. The second-order valence-corrected chi connectivity index (χ2v) is 8.09. The summed E-state index contributed by atoms with van der Waals surface area (Å²) in [4.78, 5) is 14.9. The molecule has 0 unspecified atom stereocenters. The maximum Gasteiger partial charge on any atom is 0.254 e. The lowest BCUT2D eigenvalue weighted by atomic mass is 10.00. The normalized spacial score (nSPS) is 14.8. The van der Waals surface area contributed by atoms with Gasteiger partial charge in [-0.05, 0) is 38.0 Å². The molecule has 3 aromatic rings. The van der Waals surface area contributed by atoms with Gasteiger partial charge in [0, 0.05) is 36.2 Å². The molecule has 6 nitrogen and oxygen atoms in total. The molecule has 158 valence electrons. The summed E-state index contributed by atoms with van der Waals surface area (Å²) in [5, 5.41) is 9.95. The Bertz CT molecular complexity index is 1100. The summed E-state index contributed by atoms with van der Waals surface area (Å²) >= 11 is 12.1. The Morgan fingerprint density at radius 2 is 1.90 bits per heavy atom. The van der Waals surface area contributed by atoms with Gasteiger partial charge in [0.15, 0.2) is 0 Å². The lowest BCUT2D eigenvalue weighted by Crippen LogP contribution is -2.36. The fourth-order valence-electron chi connectivity index (χ4n) is 4.12. The van der Waals surface area contributed by atoms with E-state index < -0.39 is 0 Å². The third-order valence-electron chi connectivity index (χ3n) is 5.56. The highest BCUT2D eigenvalue weighted by molar-refractivity contribution is 6.42. The van der Waals surface area contributed by atoms with E-state index in [1.165, 1.54) is 0 Å². The van der Waals surface area contributed by atoms with Crippen LogP contribution in [0.3, 0.4) is 0 Å². The fraction of sp³-hybridized carbons (Fsp3) is 0.409. The van der Waals surface area contributed by atoms with Crippen LogP contribution in [0.1, 0.15) is 53.2 Å². The van der Waals surface area contributed by atoms with Gasteiger partial charge in [0.05, 0.1) is 28.0 Å². The van der Waals surface area contributed by atoms with Crippen LogP contribution < -0.4 is 0 Å². The van der Waals surface area contributed by atoms with E-state index in [0.29, 0.717) is 35.1 Å². The number of benzene rings is 1. The molecule has 5 rings (SSSR count). The molecule has 0 saturated heterocycles. The van der Waals surface area contributed by atoms with E-state index in [-0.39, 0.29) is 5.91 Å². The summed E-state index contributed by atoms with van der Waals surface area (Å²) in [7, 11) is 0. The smallest absolute Gasteiger partial charge is 0.254 e. The first-order valence-electron chi connectivity index (χ1n) is 10.3. The van der Waals surface area contributed by atoms with Gasteiger partial charge in [-0.15, -0.1) is 0 Å². The van der Waals surface area contributed by atoms with Crippen LogP contribution in [0.4, 0.5) is 0 Å². The fourth-order valence-corrected chi connectivity index (χ4v) is 4.41. The largest absolute Gasteiger partial charge is 0.361 e. The Morgan fingerprint density at radius 1 is 1.10 bits per heavy atom. The Morgan fingerprint density at radius 3 is 2.67 bits per heavy atom. The van der Waals surface area contributed by atoms with Crippen LogP contribution in [0, 0.1) is 6.92 Å². The molecule has 2 aromatic heterocycles. The molecular formula is C22H24Cl2N4O2. The molecule has 0 fully saturated rings. The van der Waals surface area contributed by atoms with Crippen LogP contribution in [-0.2, 0) is 25.9 Å². The summed E-state index contributed by atoms with van der Waals surface area (Å²) in [6, 6.07) is 4.99. The third kappa shape index (κ3) is 3.52. The maximum absolute atomic E-state index is 13.0. The number of halogens is 2. The van der Waals surface area contributed by atoms with E-state index >= 15 is 0 Å². The van der Waals surface area contributed by atoms with E-state index in [1.807, 2.05) is 30.4 Å². The Kier molecular flexibility index (Phi) is 5.89. The Labute approximate surface area is 185 Å².